The fourth-order valence-electron chi connectivity index (χ4n) is 1.97. The van der Waals surface area contributed by atoms with Gasteiger partial charge in [-0.3, -0.25) is 4.79 Å². The molecule has 106 valence electrons. The second kappa shape index (κ2) is 7.02. The summed E-state index contributed by atoms with van der Waals surface area (Å²) in [4.78, 5) is 13.7. The molecule has 0 atom stereocenters. The standard InChI is InChI=1S/C15H25N3O/c1-5-11(6-2)10-17-14-9-12(16)7-8-13(14)15(19)18(3)4/h7-9,11,17H,5-6,10,16H2,1-4H3. The molecule has 4 nitrogen and oxygen atoms in total. The molecule has 4 heteroatoms. The lowest BCUT2D eigenvalue weighted by Crippen LogP contribution is -2.24. The van der Waals surface area contributed by atoms with Gasteiger partial charge in [0, 0.05) is 32.0 Å². The maximum atomic E-state index is 12.1. The first-order valence-corrected chi connectivity index (χ1v) is 6.84. The van der Waals surface area contributed by atoms with Crippen LogP contribution in [0.5, 0.6) is 0 Å². The topological polar surface area (TPSA) is 58.4 Å². The van der Waals surface area contributed by atoms with Gasteiger partial charge in [-0.2, -0.15) is 0 Å². The molecule has 1 rings (SSSR count). The quantitative estimate of drug-likeness (QED) is 0.776. The summed E-state index contributed by atoms with van der Waals surface area (Å²) in [7, 11) is 3.51. The number of nitrogens with one attached hydrogen (secondary N) is 1. The zero-order valence-corrected chi connectivity index (χ0v) is 12.4. The van der Waals surface area contributed by atoms with E-state index in [-0.39, 0.29) is 5.91 Å². The number of benzene rings is 1. The zero-order valence-electron chi connectivity index (χ0n) is 12.4. The molecule has 1 aromatic rings. The Balaban J connectivity index is 2.91. The number of amides is 1. The third-order valence-electron chi connectivity index (χ3n) is 3.42. The third kappa shape index (κ3) is 4.16. The van der Waals surface area contributed by atoms with E-state index >= 15 is 0 Å². The Kier molecular flexibility index (Phi) is 5.67. The molecular formula is C15H25N3O. The average Bonchev–Trinajstić information content (AvgIpc) is 2.39. The predicted molar refractivity (Wildman–Crippen MR) is 81.4 cm³/mol. The van der Waals surface area contributed by atoms with Crippen LogP contribution in [-0.2, 0) is 0 Å². The monoisotopic (exact) mass is 263 g/mol. The predicted octanol–water partition coefficient (Wildman–Crippen LogP) is 2.82. The van der Waals surface area contributed by atoms with Crippen molar-refractivity contribution >= 4 is 17.3 Å². The summed E-state index contributed by atoms with van der Waals surface area (Å²) >= 11 is 0. The average molecular weight is 263 g/mol. The van der Waals surface area contributed by atoms with E-state index in [2.05, 4.69) is 19.2 Å². The molecule has 0 bridgehead atoms. The van der Waals surface area contributed by atoms with Crippen LogP contribution in [0.15, 0.2) is 18.2 Å². The summed E-state index contributed by atoms with van der Waals surface area (Å²) in [6.45, 7) is 5.23. The largest absolute Gasteiger partial charge is 0.399 e. The van der Waals surface area contributed by atoms with Crippen molar-refractivity contribution in [2.24, 2.45) is 5.92 Å². The first-order chi connectivity index (χ1) is 8.99. The SMILES string of the molecule is CCC(CC)CNc1cc(N)ccc1C(=O)N(C)C. The number of nitrogen functional groups attached to an aromatic ring is 1. The van der Waals surface area contributed by atoms with Gasteiger partial charge in [0.1, 0.15) is 0 Å². The molecule has 0 aliphatic rings. The lowest BCUT2D eigenvalue weighted by atomic mass is 10.0. The number of hydrogen-bond donors (Lipinski definition) is 2. The van der Waals surface area contributed by atoms with E-state index in [9.17, 15) is 4.79 Å². The van der Waals surface area contributed by atoms with Gasteiger partial charge in [0.05, 0.1) is 5.56 Å². The van der Waals surface area contributed by atoms with Crippen molar-refractivity contribution < 1.29 is 4.79 Å². The number of nitrogens with zero attached hydrogens (tertiary/aromatic N) is 1. The molecule has 0 saturated carbocycles. The van der Waals surface area contributed by atoms with Gasteiger partial charge < -0.3 is 16.0 Å². The minimum absolute atomic E-state index is 0.00736. The zero-order chi connectivity index (χ0) is 14.4. The van der Waals surface area contributed by atoms with Crippen molar-refractivity contribution in [1.82, 2.24) is 4.90 Å². The molecule has 1 aromatic carbocycles. The number of carbonyl (C=O) groups is 1. The Bertz CT molecular complexity index is 425. The van der Waals surface area contributed by atoms with Crippen LogP contribution in [0.25, 0.3) is 0 Å². The van der Waals surface area contributed by atoms with Crippen LogP contribution >= 0.6 is 0 Å². The minimum atomic E-state index is -0.00736. The second-order valence-corrected chi connectivity index (χ2v) is 5.07. The number of hydrogen-bond acceptors (Lipinski definition) is 3. The van der Waals surface area contributed by atoms with Crippen molar-refractivity contribution in [3.8, 4) is 0 Å². The van der Waals surface area contributed by atoms with E-state index in [4.69, 9.17) is 5.73 Å². The van der Waals surface area contributed by atoms with Gasteiger partial charge in [0.2, 0.25) is 0 Å². The summed E-state index contributed by atoms with van der Waals surface area (Å²) in [5.74, 6) is 0.607. The molecule has 19 heavy (non-hydrogen) atoms. The fourth-order valence-corrected chi connectivity index (χ4v) is 1.97. The van der Waals surface area contributed by atoms with Gasteiger partial charge in [-0.05, 0) is 24.1 Å². The summed E-state index contributed by atoms with van der Waals surface area (Å²) in [5.41, 5.74) is 7.98. The molecular weight excluding hydrogens is 238 g/mol. The van der Waals surface area contributed by atoms with E-state index < -0.39 is 0 Å². The van der Waals surface area contributed by atoms with Crippen LogP contribution in [0.4, 0.5) is 11.4 Å². The van der Waals surface area contributed by atoms with E-state index in [0.717, 1.165) is 25.1 Å². The molecule has 0 spiro atoms. The number of carbonyl (C=O) groups excluding carboxylic acids is 1. The lowest BCUT2D eigenvalue weighted by Gasteiger charge is -2.18. The summed E-state index contributed by atoms with van der Waals surface area (Å²) < 4.78 is 0. The van der Waals surface area contributed by atoms with Gasteiger partial charge in [0.25, 0.3) is 5.91 Å². The molecule has 0 aliphatic carbocycles. The van der Waals surface area contributed by atoms with Crippen LogP contribution in [0.3, 0.4) is 0 Å². The highest BCUT2D eigenvalue weighted by Crippen LogP contribution is 2.21. The van der Waals surface area contributed by atoms with Gasteiger partial charge in [-0.25, -0.2) is 0 Å². The highest BCUT2D eigenvalue weighted by atomic mass is 16.2. The Morgan fingerprint density at radius 1 is 1.32 bits per heavy atom. The van der Waals surface area contributed by atoms with Gasteiger partial charge in [-0.1, -0.05) is 26.7 Å². The van der Waals surface area contributed by atoms with Crippen molar-refractivity contribution in [1.29, 1.82) is 0 Å². The molecule has 0 heterocycles. The molecule has 0 aromatic heterocycles. The molecule has 0 saturated heterocycles. The van der Waals surface area contributed by atoms with Crippen LogP contribution in [0.1, 0.15) is 37.0 Å². The molecule has 3 N–H and O–H groups in total. The summed E-state index contributed by atoms with van der Waals surface area (Å²) in [6, 6.07) is 5.38. The Labute approximate surface area is 116 Å². The first kappa shape index (κ1) is 15.3. The highest BCUT2D eigenvalue weighted by Gasteiger charge is 2.14. The Hall–Kier alpha value is -1.71. The summed E-state index contributed by atoms with van der Waals surface area (Å²) in [6.07, 6.45) is 2.26. The maximum absolute atomic E-state index is 12.1. The van der Waals surface area contributed by atoms with Gasteiger partial charge in [-0.15, -0.1) is 0 Å². The van der Waals surface area contributed by atoms with E-state index in [1.165, 1.54) is 0 Å². The van der Waals surface area contributed by atoms with Crippen molar-refractivity contribution in [2.45, 2.75) is 26.7 Å². The molecule has 0 radical (unpaired) electrons. The first-order valence-electron chi connectivity index (χ1n) is 6.84. The smallest absolute Gasteiger partial charge is 0.255 e. The van der Waals surface area contributed by atoms with E-state index in [1.807, 2.05) is 6.07 Å². The van der Waals surface area contributed by atoms with E-state index in [0.29, 0.717) is 17.2 Å². The summed E-state index contributed by atoms with van der Waals surface area (Å²) in [5, 5.41) is 3.36. The Morgan fingerprint density at radius 3 is 2.47 bits per heavy atom. The minimum Gasteiger partial charge on any atom is -0.399 e. The molecule has 0 unspecified atom stereocenters. The fraction of sp³-hybridized carbons (Fsp3) is 0.533. The molecule has 0 aliphatic heterocycles. The second-order valence-electron chi connectivity index (χ2n) is 5.07. The molecule has 0 fully saturated rings. The maximum Gasteiger partial charge on any atom is 0.255 e. The number of rotatable bonds is 6. The van der Waals surface area contributed by atoms with Gasteiger partial charge in [0.15, 0.2) is 0 Å². The normalized spacial score (nSPS) is 10.6. The van der Waals surface area contributed by atoms with Gasteiger partial charge >= 0.3 is 0 Å². The van der Waals surface area contributed by atoms with Crippen LogP contribution in [0, 0.1) is 5.92 Å². The van der Waals surface area contributed by atoms with Crippen molar-refractivity contribution in [3.63, 3.8) is 0 Å². The molecule has 1 amide bonds. The third-order valence-corrected chi connectivity index (χ3v) is 3.42. The number of nitrogens with two attached hydrogens (primary N) is 1. The van der Waals surface area contributed by atoms with E-state index in [1.54, 1.807) is 31.1 Å². The van der Waals surface area contributed by atoms with Crippen molar-refractivity contribution in [3.05, 3.63) is 23.8 Å². The van der Waals surface area contributed by atoms with Crippen LogP contribution in [-0.4, -0.2) is 31.4 Å². The van der Waals surface area contributed by atoms with Crippen LogP contribution in [0.2, 0.25) is 0 Å². The highest BCUT2D eigenvalue weighted by molar-refractivity contribution is 5.99. The van der Waals surface area contributed by atoms with Crippen molar-refractivity contribution in [2.75, 3.05) is 31.7 Å². The Morgan fingerprint density at radius 2 is 1.95 bits per heavy atom. The number of anilines is 2. The lowest BCUT2D eigenvalue weighted by molar-refractivity contribution is 0.0828. The van der Waals surface area contributed by atoms with Crippen LogP contribution < -0.4 is 11.1 Å².